The van der Waals surface area contributed by atoms with Crippen molar-refractivity contribution >= 4 is 20.2 Å². The van der Waals surface area contributed by atoms with Gasteiger partial charge in [0.25, 0.3) is 5.91 Å². The van der Waals surface area contributed by atoms with Crippen molar-refractivity contribution in [3.63, 3.8) is 0 Å². The number of nitrogens with one attached hydrogen (secondary N) is 1. The van der Waals surface area contributed by atoms with E-state index in [-0.39, 0.29) is 12.5 Å². The summed E-state index contributed by atoms with van der Waals surface area (Å²) >= 11 is 0. The molecule has 0 spiro atoms. The highest BCUT2D eigenvalue weighted by molar-refractivity contribution is 7.41. The molecule has 0 aliphatic carbocycles. The topological polar surface area (TPSA) is 128 Å². The Morgan fingerprint density at radius 3 is 2.44 bits per heavy atom. The van der Waals surface area contributed by atoms with Gasteiger partial charge >= 0.3 is 8.60 Å². The molecule has 41 heavy (non-hydrogen) atoms. The van der Waals surface area contributed by atoms with E-state index >= 15 is 0 Å². The fraction of sp³-hybridized carbons (Fsp3) is 0.429. The third kappa shape index (κ3) is 9.04. The summed E-state index contributed by atoms with van der Waals surface area (Å²) in [5, 5.41) is 11.8. The lowest BCUT2D eigenvalue weighted by atomic mass is 10.2. The van der Waals surface area contributed by atoms with Crippen LogP contribution in [0.25, 0.3) is 22.7 Å². The van der Waals surface area contributed by atoms with Gasteiger partial charge in [0.1, 0.15) is 18.2 Å². The maximum Gasteiger partial charge on any atom is 0.335 e. The van der Waals surface area contributed by atoms with Crippen molar-refractivity contribution in [2.45, 2.75) is 66.0 Å². The van der Waals surface area contributed by atoms with Crippen LogP contribution in [0.2, 0.25) is 0 Å². The molecular formula is C28H37N6O6P. The largest absolute Gasteiger partial charge is 0.451 e. The van der Waals surface area contributed by atoms with E-state index in [0.717, 1.165) is 0 Å². The van der Waals surface area contributed by atoms with Crippen LogP contribution in [0.15, 0.2) is 59.5 Å². The van der Waals surface area contributed by atoms with Crippen molar-refractivity contribution in [3.8, 4) is 22.7 Å². The van der Waals surface area contributed by atoms with Gasteiger partial charge in [0.05, 0.1) is 47.5 Å². The Balaban J connectivity index is 1.43. The Morgan fingerprint density at radius 1 is 1.02 bits per heavy atom. The summed E-state index contributed by atoms with van der Waals surface area (Å²) in [7, 11) is 0.0110. The molecule has 1 N–H and O–H groups in total. The molecule has 0 aromatic carbocycles. The number of ether oxygens (including phenoxy) is 1. The molecule has 0 radical (unpaired) electrons. The predicted molar refractivity (Wildman–Crippen MR) is 155 cm³/mol. The molecule has 4 aromatic heterocycles. The zero-order valence-electron chi connectivity index (χ0n) is 24.5. The predicted octanol–water partition coefficient (Wildman–Crippen LogP) is 6.13. The summed E-state index contributed by atoms with van der Waals surface area (Å²) < 4.78 is 32.2. The number of hydrogen-bond donors (Lipinski definition) is 1. The average Bonchev–Trinajstić information content (AvgIpc) is 3.64. The summed E-state index contributed by atoms with van der Waals surface area (Å²) in [6.07, 6.45) is 6.83. The van der Waals surface area contributed by atoms with Crippen molar-refractivity contribution in [1.29, 1.82) is 0 Å². The van der Waals surface area contributed by atoms with Gasteiger partial charge in [0.2, 0.25) is 0 Å². The smallest absolute Gasteiger partial charge is 0.335 e. The zero-order valence-corrected chi connectivity index (χ0v) is 25.3. The van der Waals surface area contributed by atoms with E-state index in [9.17, 15) is 4.79 Å². The van der Waals surface area contributed by atoms with E-state index in [1.165, 1.54) is 0 Å². The molecule has 0 atom stereocenters. The lowest BCUT2D eigenvalue weighted by Gasteiger charge is -2.30. The number of methoxy groups -OCH3 is 1. The first-order chi connectivity index (χ1) is 19.4. The van der Waals surface area contributed by atoms with Crippen LogP contribution < -0.4 is 5.32 Å². The normalized spacial score (nSPS) is 12.3. The summed E-state index contributed by atoms with van der Waals surface area (Å²) in [6, 6.07) is 8.85. The second kappa shape index (κ2) is 13.1. The number of hydrogen-bond acceptors (Lipinski definition) is 9. The van der Waals surface area contributed by atoms with Crippen LogP contribution in [0.1, 0.15) is 52.1 Å². The lowest BCUT2D eigenvalue weighted by molar-refractivity contribution is 0.0220. The van der Waals surface area contributed by atoms with Gasteiger partial charge in [0.15, 0.2) is 5.76 Å². The number of rotatable bonds is 12. The van der Waals surface area contributed by atoms with Crippen molar-refractivity contribution in [1.82, 2.24) is 24.5 Å². The minimum atomic E-state index is -1.61. The summed E-state index contributed by atoms with van der Waals surface area (Å²) in [5.74, 6) is 0.210. The van der Waals surface area contributed by atoms with Gasteiger partial charge in [0, 0.05) is 25.7 Å². The maximum absolute atomic E-state index is 13.1. The van der Waals surface area contributed by atoms with E-state index in [1.54, 1.807) is 53.4 Å². The fourth-order valence-corrected chi connectivity index (χ4v) is 4.74. The van der Waals surface area contributed by atoms with E-state index < -0.39 is 25.7 Å². The Hall–Kier alpha value is -3.41. The molecule has 0 aliphatic rings. The minimum Gasteiger partial charge on any atom is -0.451 e. The quantitative estimate of drug-likeness (QED) is 0.196. The van der Waals surface area contributed by atoms with Crippen molar-refractivity contribution in [2.75, 3.05) is 19.0 Å². The molecule has 0 unspecified atom stereocenters. The average molecular weight is 585 g/mol. The minimum absolute atomic E-state index is 0.120. The zero-order chi connectivity index (χ0) is 29.6. The molecule has 0 fully saturated rings. The molecule has 0 saturated carbocycles. The van der Waals surface area contributed by atoms with Gasteiger partial charge in [-0.1, -0.05) is 6.07 Å². The molecule has 0 aliphatic heterocycles. The van der Waals surface area contributed by atoms with Gasteiger partial charge in [-0.15, -0.1) is 0 Å². The van der Waals surface area contributed by atoms with Crippen LogP contribution in [0, 0.1) is 0 Å². The van der Waals surface area contributed by atoms with E-state index in [4.69, 9.17) is 22.7 Å². The summed E-state index contributed by atoms with van der Waals surface area (Å²) in [6.45, 7) is 12.8. The van der Waals surface area contributed by atoms with Crippen LogP contribution in [0.5, 0.6) is 0 Å². The van der Waals surface area contributed by atoms with Crippen LogP contribution >= 0.6 is 8.60 Å². The number of amides is 1. The molecule has 4 aromatic rings. The standard InChI is InChI=1S/C28H37N6O6P/c1-27(2,3)39-41(40-28(4,5)6)37-19-34-17-20(16-30-34)23-11-12-24(38-23)26(35)31-22-18-33(14-15-36-7)32-25(22)21-10-8-9-13-29-21/h8-13,16-18H,14-15,19H2,1-7H3,(H,31,35). The summed E-state index contributed by atoms with van der Waals surface area (Å²) in [4.78, 5) is 17.5. The van der Waals surface area contributed by atoms with Gasteiger partial charge < -0.3 is 23.5 Å². The first-order valence-corrected chi connectivity index (χ1v) is 14.2. The van der Waals surface area contributed by atoms with Crippen LogP contribution in [0.3, 0.4) is 0 Å². The third-order valence-electron chi connectivity index (χ3n) is 5.18. The number of furan rings is 1. The molecule has 13 heteroatoms. The van der Waals surface area contributed by atoms with Crippen LogP contribution in [0.4, 0.5) is 5.69 Å². The molecule has 4 rings (SSSR count). The Kier molecular flexibility index (Phi) is 9.72. The fourth-order valence-electron chi connectivity index (χ4n) is 3.49. The van der Waals surface area contributed by atoms with Gasteiger partial charge in [-0.3, -0.25) is 19.0 Å². The van der Waals surface area contributed by atoms with Crippen molar-refractivity contribution in [3.05, 3.63) is 60.9 Å². The third-order valence-corrected chi connectivity index (χ3v) is 6.90. The number of aromatic nitrogens is 5. The number of carbonyl (C=O) groups excluding carboxylic acids is 1. The Labute approximate surface area is 241 Å². The van der Waals surface area contributed by atoms with E-state index in [2.05, 4.69) is 20.5 Å². The molecule has 0 bridgehead atoms. The molecule has 1 amide bonds. The number of nitrogens with zero attached hydrogens (tertiary/aromatic N) is 5. The molecule has 220 valence electrons. The molecule has 0 saturated heterocycles. The highest BCUT2D eigenvalue weighted by atomic mass is 31.2. The monoisotopic (exact) mass is 584 g/mol. The van der Waals surface area contributed by atoms with Gasteiger partial charge in [-0.05, 0) is 65.8 Å². The Morgan fingerprint density at radius 2 is 1.78 bits per heavy atom. The van der Waals surface area contributed by atoms with E-state index in [0.29, 0.717) is 41.6 Å². The highest BCUT2D eigenvalue weighted by Crippen LogP contribution is 2.47. The first kappa shape index (κ1) is 30.5. The number of anilines is 1. The van der Waals surface area contributed by atoms with Gasteiger partial charge in [-0.25, -0.2) is 4.68 Å². The van der Waals surface area contributed by atoms with Crippen molar-refractivity contribution < 1.29 is 27.5 Å². The van der Waals surface area contributed by atoms with Crippen LogP contribution in [-0.2, 0) is 31.6 Å². The van der Waals surface area contributed by atoms with Crippen molar-refractivity contribution in [2.24, 2.45) is 0 Å². The maximum atomic E-state index is 13.1. The number of pyridine rings is 1. The summed E-state index contributed by atoms with van der Waals surface area (Å²) in [5.41, 5.74) is 1.52. The Bertz CT molecular complexity index is 1400. The SMILES string of the molecule is COCCn1cc(NC(=O)c2ccc(-c3cnn(COP(OC(C)(C)C)OC(C)(C)C)c3)o2)c(-c2ccccn2)n1. The second-order valence-corrected chi connectivity index (χ2v) is 12.2. The molecule has 4 heterocycles. The lowest BCUT2D eigenvalue weighted by Crippen LogP contribution is -2.23. The first-order valence-electron chi connectivity index (χ1n) is 13.1. The highest BCUT2D eigenvalue weighted by Gasteiger charge is 2.27. The molecule has 12 nitrogen and oxygen atoms in total. The number of carbonyl (C=O) groups is 1. The van der Waals surface area contributed by atoms with Gasteiger partial charge in [-0.2, -0.15) is 10.2 Å². The van der Waals surface area contributed by atoms with Crippen LogP contribution in [-0.4, -0.2) is 55.4 Å². The second-order valence-electron chi connectivity index (χ2n) is 11.1. The van der Waals surface area contributed by atoms with E-state index in [1.807, 2.05) is 59.7 Å². The molecular weight excluding hydrogens is 547 g/mol.